The van der Waals surface area contributed by atoms with E-state index in [-0.39, 0.29) is 33.6 Å². The maximum Gasteiger partial charge on any atom is 0.295 e. The third kappa shape index (κ3) is 7.17. The Balaban J connectivity index is 1.30. The van der Waals surface area contributed by atoms with Crippen LogP contribution >= 0.6 is 0 Å². The third-order valence-electron chi connectivity index (χ3n) is 7.78. The van der Waals surface area contributed by atoms with Gasteiger partial charge in [0.25, 0.3) is 20.2 Å². The molecule has 49 heavy (non-hydrogen) atoms. The van der Waals surface area contributed by atoms with Crippen molar-refractivity contribution in [2.24, 2.45) is 20.5 Å². The summed E-state index contributed by atoms with van der Waals surface area (Å²) in [7, 11) is -8.15. The van der Waals surface area contributed by atoms with Gasteiger partial charge < -0.3 is 9.84 Å². The number of phenols is 1. The Bertz CT molecular complexity index is 2540. The Kier molecular flexibility index (Phi) is 8.96. The average molecular weight is 697 g/mol. The lowest BCUT2D eigenvalue weighted by Gasteiger charge is -2.10. The lowest BCUT2D eigenvalue weighted by Crippen LogP contribution is -2.03. The molecule has 0 saturated heterocycles. The van der Waals surface area contributed by atoms with Gasteiger partial charge in [0.05, 0.1) is 18.5 Å². The van der Waals surface area contributed by atoms with Crippen LogP contribution in [0.4, 0.5) is 22.7 Å². The van der Waals surface area contributed by atoms with Gasteiger partial charge in [-0.1, -0.05) is 66.7 Å². The maximum absolute atomic E-state index is 12.2. The van der Waals surface area contributed by atoms with E-state index in [0.717, 1.165) is 29.5 Å². The number of benzene rings is 6. The molecule has 6 rings (SSSR count). The summed E-state index contributed by atoms with van der Waals surface area (Å²) >= 11 is 0. The molecule has 3 N–H and O–H groups in total. The van der Waals surface area contributed by atoms with Crippen molar-refractivity contribution in [1.29, 1.82) is 0 Å². The van der Waals surface area contributed by atoms with Gasteiger partial charge in [0.15, 0.2) is 5.75 Å². The van der Waals surface area contributed by atoms with Gasteiger partial charge in [-0.05, 0) is 65.8 Å². The molecule has 14 heteroatoms. The van der Waals surface area contributed by atoms with Crippen LogP contribution in [0.15, 0.2) is 133 Å². The number of ether oxygens (including phenoxy) is 1. The fourth-order valence-corrected chi connectivity index (χ4v) is 6.83. The summed E-state index contributed by atoms with van der Waals surface area (Å²) in [6.07, 6.45) is 0.760. The molecule has 0 aliphatic heterocycles. The van der Waals surface area contributed by atoms with Crippen molar-refractivity contribution < 1.29 is 35.8 Å². The van der Waals surface area contributed by atoms with E-state index >= 15 is 0 Å². The summed E-state index contributed by atoms with van der Waals surface area (Å²) in [6.45, 7) is 1.72. The third-order valence-corrected chi connectivity index (χ3v) is 9.59. The van der Waals surface area contributed by atoms with E-state index in [9.17, 15) is 31.0 Å². The first kappa shape index (κ1) is 33.4. The van der Waals surface area contributed by atoms with Crippen LogP contribution in [0, 0.1) is 6.92 Å². The zero-order valence-electron chi connectivity index (χ0n) is 26.0. The Labute approximate surface area is 281 Å². The van der Waals surface area contributed by atoms with Gasteiger partial charge in [0.2, 0.25) is 0 Å². The van der Waals surface area contributed by atoms with Gasteiger partial charge in [-0.15, -0.1) is 10.2 Å². The molecular weight excluding hydrogens is 669 g/mol. The molecule has 0 aromatic heterocycles. The van der Waals surface area contributed by atoms with Crippen LogP contribution in [-0.2, 0) is 26.7 Å². The summed E-state index contributed by atoms with van der Waals surface area (Å²) in [5.74, 6) is 0.241. The Morgan fingerprint density at radius 1 is 0.612 bits per heavy atom. The minimum Gasteiger partial charge on any atom is -0.505 e. The first-order valence-corrected chi connectivity index (χ1v) is 17.5. The zero-order chi connectivity index (χ0) is 34.9. The minimum absolute atomic E-state index is 0.0228. The van der Waals surface area contributed by atoms with Crippen LogP contribution in [0.2, 0.25) is 0 Å². The topological polar surface area (TPSA) is 188 Å². The largest absolute Gasteiger partial charge is 0.505 e. The highest BCUT2D eigenvalue weighted by Gasteiger charge is 2.21. The first-order chi connectivity index (χ1) is 23.3. The molecule has 0 heterocycles. The smallest absolute Gasteiger partial charge is 0.295 e. The summed E-state index contributed by atoms with van der Waals surface area (Å²) < 4.78 is 73.3. The lowest BCUT2D eigenvalue weighted by atomic mass is 10.0. The van der Waals surface area contributed by atoms with E-state index in [1.54, 1.807) is 19.1 Å². The molecular formula is C35H28N4O8S2. The molecule has 6 aromatic rings. The van der Waals surface area contributed by atoms with Crippen molar-refractivity contribution in [1.82, 2.24) is 0 Å². The number of aryl methyl sites for hydroxylation is 1. The van der Waals surface area contributed by atoms with Crippen LogP contribution < -0.4 is 4.74 Å². The van der Waals surface area contributed by atoms with Crippen LogP contribution in [0.25, 0.3) is 21.5 Å². The number of methoxy groups -OCH3 is 1. The number of rotatable bonds is 9. The van der Waals surface area contributed by atoms with E-state index in [1.807, 2.05) is 42.5 Å². The van der Waals surface area contributed by atoms with Crippen molar-refractivity contribution >= 4 is 64.5 Å². The molecule has 0 aliphatic carbocycles. The molecule has 248 valence electrons. The summed E-state index contributed by atoms with van der Waals surface area (Å²) in [5.41, 5.74) is 3.62. The van der Waals surface area contributed by atoms with Gasteiger partial charge in [0, 0.05) is 22.2 Å². The minimum atomic E-state index is -4.82. The summed E-state index contributed by atoms with van der Waals surface area (Å²) in [6, 6.07) is 28.5. The highest BCUT2D eigenvalue weighted by Crippen LogP contribution is 2.40. The summed E-state index contributed by atoms with van der Waals surface area (Å²) in [5, 5.41) is 29.0. The fraction of sp³-hybridized carbons (Fsp3) is 0.0857. The predicted molar refractivity (Wildman–Crippen MR) is 185 cm³/mol. The van der Waals surface area contributed by atoms with Gasteiger partial charge in [-0.2, -0.15) is 27.1 Å². The fourth-order valence-electron chi connectivity index (χ4n) is 5.41. The molecule has 0 saturated carbocycles. The van der Waals surface area contributed by atoms with Crippen molar-refractivity contribution in [2.45, 2.75) is 23.1 Å². The van der Waals surface area contributed by atoms with E-state index in [4.69, 9.17) is 4.74 Å². The molecule has 6 aromatic carbocycles. The molecule has 0 radical (unpaired) electrons. The standard InChI is InChI=1S/C35H28N4O8S2/c1-21-15-31(39-37-29-14-12-24-17-23(11-13-26(24)35(29)40)16-22-7-4-3-5-8-22)32(47-2)20-30(21)38-36-25-18-28-27(34(19-25)49(44,45)46)9-6-10-33(28)48(41,42)43/h3-15,17-20,40H,16H2,1-2H3,(H,41,42,43)(H,44,45,46). The second-order valence-electron chi connectivity index (χ2n) is 11.1. The second-order valence-corrected chi connectivity index (χ2v) is 13.9. The average Bonchev–Trinajstić information content (AvgIpc) is 3.06. The Morgan fingerprint density at radius 2 is 1.33 bits per heavy atom. The second kappa shape index (κ2) is 13.2. The molecule has 0 amide bonds. The predicted octanol–water partition coefficient (Wildman–Crippen LogP) is 8.93. The number of azo groups is 2. The van der Waals surface area contributed by atoms with Crippen molar-refractivity contribution in [3.63, 3.8) is 0 Å². The van der Waals surface area contributed by atoms with E-state index in [0.29, 0.717) is 22.3 Å². The van der Waals surface area contributed by atoms with Crippen LogP contribution in [0.5, 0.6) is 11.5 Å². The monoisotopic (exact) mass is 696 g/mol. The Morgan fingerprint density at radius 3 is 2.04 bits per heavy atom. The van der Waals surface area contributed by atoms with E-state index in [1.165, 1.54) is 36.9 Å². The van der Waals surface area contributed by atoms with Crippen molar-refractivity contribution in [3.05, 3.63) is 120 Å². The number of hydrogen-bond acceptors (Lipinski definition) is 10. The summed E-state index contributed by atoms with van der Waals surface area (Å²) in [4.78, 5) is -1.18. The molecule has 0 bridgehead atoms. The number of hydrogen-bond donors (Lipinski definition) is 3. The molecule has 0 fully saturated rings. The van der Waals surface area contributed by atoms with Crippen LogP contribution in [0.1, 0.15) is 16.7 Å². The molecule has 0 atom stereocenters. The van der Waals surface area contributed by atoms with Gasteiger partial charge in [-0.3, -0.25) is 9.11 Å². The zero-order valence-corrected chi connectivity index (χ0v) is 27.6. The normalized spacial score (nSPS) is 12.4. The Hall–Kier alpha value is -5.54. The lowest BCUT2D eigenvalue weighted by molar-refractivity contribution is 0.416. The number of fused-ring (bicyclic) bond motifs is 2. The maximum atomic E-state index is 12.2. The number of aromatic hydroxyl groups is 1. The van der Waals surface area contributed by atoms with Crippen LogP contribution in [0.3, 0.4) is 0 Å². The van der Waals surface area contributed by atoms with Gasteiger partial charge in [0.1, 0.15) is 26.9 Å². The highest BCUT2D eigenvalue weighted by atomic mass is 32.2. The molecule has 0 spiro atoms. The first-order valence-electron chi connectivity index (χ1n) is 14.6. The number of nitrogens with zero attached hydrogens (tertiary/aromatic N) is 4. The van der Waals surface area contributed by atoms with Crippen molar-refractivity contribution in [2.75, 3.05) is 7.11 Å². The van der Waals surface area contributed by atoms with E-state index < -0.39 is 30.0 Å². The van der Waals surface area contributed by atoms with Crippen LogP contribution in [-0.4, -0.2) is 38.2 Å². The van der Waals surface area contributed by atoms with Gasteiger partial charge >= 0.3 is 0 Å². The SMILES string of the molecule is COc1cc(N=Nc2cc(S(=O)(=O)O)c3cccc(S(=O)(=O)O)c3c2)c(C)cc1N=Nc1ccc2cc(Cc3ccccc3)ccc2c1O. The number of phenolic OH excluding ortho intramolecular Hbond substituents is 1. The highest BCUT2D eigenvalue weighted by molar-refractivity contribution is 7.86. The van der Waals surface area contributed by atoms with Gasteiger partial charge in [-0.25, -0.2) is 0 Å². The molecule has 0 aliphatic rings. The van der Waals surface area contributed by atoms with Crippen molar-refractivity contribution in [3.8, 4) is 11.5 Å². The quantitative estimate of drug-likeness (QED) is 0.0986. The molecule has 0 unspecified atom stereocenters. The molecule has 12 nitrogen and oxygen atoms in total. The van der Waals surface area contributed by atoms with E-state index in [2.05, 4.69) is 32.6 Å².